The third-order valence-corrected chi connectivity index (χ3v) is 7.50. The molecular formula is C26H19IrN2S-. The largest absolute Gasteiger partial charge is 0.350 e. The van der Waals surface area contributed by atoms with Crippen LogP contribution in [0.4, 0.5) is 0 Å². The van der Waals surface area contributed by atoms with E-state index in [9.17, 15) is 0 Å². The Balaban J connectivity index is 0.00000193. The van der Waals surface area contributed by atoms with Crippen molar-refractivity contribution < 1.29 is 20.1 Å². The maximum atomic E-state index is 4.34. The predicted octanol–water partition coefficient (Wildman–Crippen LogP) is 7.07. The Bertz CT molecular complexity index is 1650. The van der Waals surface area contributed by atoms with E-state index in [4.69, 9.17) is 0 Å². The van der Waals surface area contributed by atoms with Gasteiger partial charge < -0.3 is 9.39 Å². The van der Waals surface area contributed by atoms with Gasteiger partial charge in [0.05, 0.1) is 5.52 Å². The summed E-state index contributed by atoms with van der Waals surface area (Å²) < 4.78 is 3.81. The van der Waals surface area contributed by atoms with Crippen molar-refractivity contribution in [3.8, 4) is 0 Å². The molecule has 0 fully saturated rings. The Labute approximate surface area is 192 Å². The monoisotopic (exact) mass is 584 g/mol. The summed E-state index contributed by atoms with van der Waals surface area (Å²) in [5.74, 6) is 0. The summed E-state index contributed by atoms with van der Waals surface area (Å²) in [5.41, 5.74) is 7.02. The van der Waals surface area contributed by atoms with Crippen molar-refractivity contribution in [2.75, 3.05) is 7.05 Å². The van der Waals surface area contributed by atoms with E-state index < -0.39 is 0 Å². The van der Waals surface area contributed by atoms with Crippen LogP contribution in [-0.2, 0) is 20.1 Å². The minimum absolute atomic E-state index is 0. The molecule has 1 radical (unpaired) electrons. The molecule has 6 rings (SSSR count). The van der Waals surface area contributed by atoms with Gasteiger partial charge in [-0.2, -0.15) is 0 Å². The second-order valence-corrected chi connectivity index (χ2v) is 8.84. The Morgan fingerprint density at radius 3 is 2.63 bits per heavy atom. The number of aromatic nitrogens is 1. The fourth-order valence-corrected chi connectivity index (χ4v) is 5.98. The van der Waals surface area contributed by atoms with Crippen molar-refractivity contribution >= 4 is 65.2 Å². The molecule has 0 unspecified atom stereocenters. The molecule has 3 aromatic heterocycles. The minimum atomic E-state index is 0. The number of rotatable bonds is 2. The normalized spacial score (nSPS) is 12.6. The van der Waals surface area contributed by atoms with Gasteiger partial charge >= 0.3 is 0 Å². The standard InChI is InChI=1S/C26H19N2S.Ir/c1-5-21(27-4)16-9-11-22-20(13-16)18-7-6-8-19-24-23(28(22)25(18)19)12-10-17-14(2)15(3)29-26(17)24;/h5-8,10-13H,1H2,2-4H3;/q-1;. The molecule has 0 N–H and O–H groups in total. The van der Waals surface area contributed by atoms with Crippen molar-refractivity contribution in [3.05, 3.63) is 77.2 Å². The first-order chi connectivity index (χ1) is 14.1. The zero-order valence-electron chi connectivity index (χ0n) is 17.0. The molecule has 0 spiro atoms. The minimum Gasteiger partial charge on any atom is -0.350 e. The average molecular weight is 584 g/mol. The predicted molar refractivity (Wildman–Crippen MR) is 127 cm³/mol. The quantitative estimate of drug-likeness (QED) is 0.153. The summed E-state index contributed by atoms with van der Waals surface area (Å²) in [7, 11) is 1.80. The van der Waals surface area contributed by atoms with Crippen LogP contribution >= 0.6 is 11.3 Å². The van der Waals surface area contributed by atoms with E-state index in [0.29, 0.717) is 0 Å². The third kappa shape index (κ3) is 2.30. The zero-order valence-corrected chi connectivity index (χ0v) is 20.2. The van der Waals surface area contributed by atoms with Gasteiger partial charge in [0, 0.05) is 53.0 Å². The molecule has 6 aromatic rings. The first-order valence-electron chi connectivity index (χ1n) is 9.76. The van der Waals surface area contributed by atoms with E-state index in [1.807, 2.05) is 11.3 Å². The fraction of sp³-hybridized carbons (Fsp3) is 0.115. The van der Waals surface area contributed by atoms with Crippen molar-refractivity contribution in [1.29, 1.82) is 0 Å². The van der Waals surface area contributed by atoms with Crippen LogP contribution in [-0.4, -0.2) is 17.2 Å². The summed E-state index contributed by atoms with van der Waals surface area (Å²) in [5, 5.41) is 6.60. The smallest absolute Gasteiger partial charge is 0.0517 e. The Hall–Kier alpha value is -2.52. The number of aliphatic imine (C=N–C) groups is 1. The van der Waals surface area contributed by atoms with Crippen LogP contribution in [0.25, 0.3) is 48.2 Å². The molecule has 0 aliphatic rings. The van der Waals surface area contributed by atoms with Crippen molar-refractivity contribution in [1.82, 2.24) is 4.40 Å². The van der Waals surface area contributed by atoms with Gasteiger partial charge in [0.25, 0.3) is 0 Å². The molecule has 0 atom stereocenters. The zero-order chi connectivity index (χ0) is 19.9. The van der Waals surface area contributed by atoms with E-state index >= 15 is 0 Å². The van der Waals surface area contributed by atoms with Crippen LogP contribution in [0, 0.1) is 19.9 Å². The van der Waals surface area contributed by atoms with Crippen LogP contribution in [0.1, 0.15) is 16.0 Å². The molecule has 0 saturated heterocycles. The topological polar surface area (TPSA) is 16.8 Å². The van der Waals surface area contributed by atoms with Gasteiger partial charge in [0.1, 0.15) is 0 Å². The number of benzene rings is 3. The van der Waals surface area contributed by atoms with Gasteiger partial charge in [-0.05, 0) is 47.5 Å². The second kappa shape index (κ2) is 6.75. The average Bonchev–Trinajstić information content (AvgIpc) is 3.35. The number of hydrogen-bond donors (Lipinski definition) is 0. The summed E-state index contributed by atoms with van der Waals surface area (Å²) in [6.07, 6.45) is 1.79. The van der Waals surface area contributed by atoms with E-state index in [-0.39, 0.29) is 20.1 Å². The molecule has 0 aliphatic carbocycles. The molecule has 3 aromatic carbocycles. The maximum absolute atomic E-state index is 4.34. The molecule has 30 heavy (non-hydrogen) atoms. The van der Waals surface area contributed by atoms with Crippen molar-refractivity contribution in [3.63, 3.8) is 0 Å². The molecule has 0 aliphatic heterocycles. The van der Waals surface area contributed by atoms with Gasteiger partial charge in [-0.1, -0.05) is 35.7 Å². The number of thiophene rings is 1. The van der Waals surface area contributed by atoms with E-state index in [0.717, 1.165) is 11.3 Å². The number of allylic oxidation sites excluding steroid dienone is 1. The van der Waals surface area contributed by atoms with E-state index in [2.05, 4.69) is 78.4 Å². The summed E-state index contributed by atoms with van der Waals surface area (Å²) in [4.78, 5) is 5.74. The molecule has 0 amide bonds. The van der Waals surface area contributed by atoms with Gasteiger partial charge in [-0.3, -0.25) is 0 Å². The SMILES string of the molecule is C=CC(=NC)c1[c-]cc2c(c1)c1cccc3c4c5sc(C)c(C)c5ccc4n2c13.[Ir]. The van der Waals surface area contributed by atoms with Crippen LogP contribution in [0.2, 0.25) is 0 Å². The summed E-state index contributed by atoms with van der Waals surface area (Å²) in [6, 6.07) is 19.0. The first-order valence-corrected chi connectivity index (χ1v) is 10.6. The van der Waals surface area contributed by atoms with Gasteiger partial charge in [0.15, 0.2) is 0 Å². The number of fused-ring (bicyclic) bond motifs is 8. The maximum Gasteiger partial charge on any atom is 0.0517 e. The third-order valence-electron chi connectivity index (χ3n) is 6.26. The second-order valence-electron chi connectivity index (χ2n) is 7.62. The van der Waals surface area contributed by atoms with Crippen LogP contribution in [0.3, 0.4) is 0 Å². The molecule has 2 nitrogen and oxygen atoms in total. The number of aryl methyl sites for hydroxylation is 2. The number of nitrogens with zero attached hydrogens (tertiary/aromatic N) is 2. The molecular weight excluding hydrogens is 565 g/mol. The Morgan fingerprint density at radius 2 is 1.87 bits per heavy atom. The van der Waals surface area contributed by atoms with Crippen molar-refractivity contribution in [2.24, 2.45) is 4.99 Å². The van der Waals surface area contributed by atoms with Gasteiger partial charge in [-0.15, -0.1) is 41.7 Å². The Morgan fingerprint density at radius 1 is 1.07 bits per heavy atom. The number of para-hydroxylation sites is 1. The van der Waals surface area contributed by atoms with Crippen LogP contribution in [0.5, 0.6) is 0 Å². The summed E-state index contributed by atoms with van der Waals surface area (Å²) in [6.45, 7) is 8.35. The van der Waals surface area contributed by atoms with Crippen LogP contribution in [0.15, 0.2) is 60.1 Å². The molecule has 3 heterocycles. The molecule has 0 saturated carbocycles. The number of hydrogen-bond acceptors (Lipinski definition) is 2. The molecule has 4 heteroatoms. The summed E-state index contributed by atoms with van der Waals surface area (Å²) >= 11 is 1.91. The van der Waals surface area contributed by atoms with Gasteiger partial charge in [0.2, 0.25) is 0 Å². The fourth-order valence-electron chi connectivity index (χ4n) is 4.77. The molecule has 149 valence electrons. The molecule has 0 bridgehead atoms. The van der Waals surface area contributed by atoms with Crippen molar-refractivity contribution in [2.45, 2.75) is 13.8 Å². The van der Waals surface area contributed by atoms with E-state index in [1.165, 1.54) is 58.6 Å². The Kier molecular flexibility index (Phi) is 4.37. The van der Waals surface area contributed by atoms with Crippen LogP contribution < -0.4 is 0 Å². The van der Waals surface area contributed by atoms with Gasteiger partial charge in [-0.25, -0.2) is 0 Å². The first kappa shape index (κ1) is 19.4. The van der Waals surface area contributed by atoms with E-state index in [1.54, 1.807) is 13.1 Å².